The number of Topliss-reactive ketones (excluding diaryl/α,β-unsaturated/α-hetero) is 1. The highest BCUT2D eigenvalue weighted by molar-refractivity contribution is 5.98. The van der Waals surface area contributed by atoms with Gasteiger partial charge in [-0.1, -0.05) is 42.2 Å². The molecule has 3 rings (SSSR count). The van der Waals surface area contributed by atoms with Gasteiger partial charge in [0.15, 0.2) is 5.78 Å². The Hall–Kier alpha value is -4.25. The van der Waals surface area contributed by atoms with E-state index < -0.39 is 24.3 Å². The lowest BCUT2D eigenvalue weighted by molar-refractivity contribution is -0.123. The number of anilines is 1. The summed E-state index contributed by atoms with van der Waals surface area (Å²) < 4.78 is 0. The molecule has 7 heteroatoms. The molecule has 5 N–H and O–H groups in total. The second kappa shape index (κ2) is 14.3. The molecule has 0 bridgehead atoms. The summed E-state index contributed by atoms with van der Waals surface area (Å²) in [5.41, 5.74) is 9.36. The molecule has 3 aromatic rings. The zero-order chi connectivity index (χ0) is 26.5. The van der Waals surface area contributed by atoms with Crippen molar-refractivity contribution in [1.82, 2.24) is 5.32 Å². The second-order valence-electron chi connectivity index (χ2n) is 8.53. The Balaban J connectivity index is 1.46. The number of nitrogens with two attached hydrogens (primary N) is 1. The molecule has 0 fully saturated rings. The van der Waals surface area contributed by atoms with Crippen molar-refractivity contribution in [3.63, 3.8) is 0 Å². The van der Waals surface area contributed by atoms with Crippen LogP contribution in [-0.4, -0.2) is 41.9 Å². The maximum Gasteiger partial charge on any atom is 0.251 e. The van der Waals surface area contributed by atoms with Crippen LogP contribution in [0.4, 0.5) is 5.69 Å². The molecule has 0 aromatic heterocycles. The van der Waals surface area contributed by atoms with E-state index in [4.69, 9.17) is 10.8 Å². The van der Waals surface area contributed by atoms with Crippen LogP contribution in [0.1, 0.15) is 46.3 Å². The van der Waals surface area contributed by atoms with Crippen molar-refractivity contribution in [2.24, 2.45) is 5.73 Å². The SMILES string of the molecule is NC[C@H](NC(=O)c1ccc(C#Cc2ccc(NC(=O)CCCCc3ccccc3)cc2)cc1)C(=O)CO. The topological polar surface area (TPSA) is 122 Å². The number of aliphatic hydroxyl groups is 1. The summed E-state index contributed by atoms with van der Waals surface area (Å²) in [7, 11) is 0. The van der Waals surface area contributed by atoms with E-state index in [-0.39, 0.29) is 12.5 Å². The lowest BCUT2D eigenvalue weighted by Crippen LogP contribution is -2.46. The van der Waals surface area contributed by atoms with Gasteiger partial charge in [-0.25, -0.2) is 0 Å². The Bertz CT molecular complexity index is 1240. The molecule has 2 amide bonds. The summed E-state index contributed by atoms with van der Waals surface area (Å²) in [5.74, 6) is 5.10. The van der Waals surface area contributed by atoms with Gasteiger partial charge in [0, 0.05) is 35.3 Å². The Labute approximate surface area is 217 Å². The molecule has 0 aliphatic carbocycles. The van der Waals surface area contributed by atoms with Gasteiger partial charge in [0.2, 0.25) is 5.91 Å². The number of carbonyl (C=O) groups excluding carboxylic acids is 3. The predicted octanol–water partition coefficient (Wildman–Crippen LogP) is 3.06. The Kier molecular flexibility index (Phi) is 10.6. The molecule has 0 saturated carbocycles. The van der Waals surface area contributed by atoms with E-state index >= 15 is 0 Å². The van der Waals surface area contributed by atoms with Crippen LogP contribution in [-0.2, 0) is 16.0 Å². The maximum absolute atomic E-state index is 12.3. The second-order valence-corrected chi connectivity index (χ2v) is 8.53. The number of aliphatic hydroxyl groups excluding tert-OH is 1. The molecule has 0 heterocycles. The molecule has 0 radical (unpaired) electrons. The molecular weight excluding hydrogens is 466 g/mol. The minimum atomic E-state index is -0.927. The number of unbranched alkanes of at least 4 members (excludes halogenated alkanes) is 1. The van der Waals surface area contributed by atoms with E-state index in [0.717, 1.165) is 30.5 Å². The van der Waals surface area contributed by atoms with Gasteiger partial charge in [0.05, 0.1) is 0 Å². The van der Waals surface area contributed by atoms with Crippen molar-refractivity contribution in [2.45, 2.75) is 31.7 Å². The Morgan fingerprint density at radius 1 is 0.838 bits per heavy atom. The number of hydrogen-bond acceptors (Lipinski definition) is 5. The highest BCUT2D eigenvalue weighted by Gasteiger charge is 2.18. The van der Waals surface area contributed by atoms with Crippen LogP contribution in [0, 0.1) is 11.8 Å². The predicted molar refractivity (Wildman–Crippen MR) is 144 cm³/mol. The van der Waals surface area contributed by atoms with Crippen LogP contribution in [0.5, 0.6) is 0 Å². The number of benzene rings is 3. The zero-order valence-corrected chi connectivity index (χ0v) is 20.6. The summed E-state index contributed by atoms with van der Waals surface area (Å²) in [4.78, 5) is 36.1. The van der Waals surface area contributed by atoms with Gasteiger partial charge in [0.1, 0.15) is 12.6 Å². The van der Waals surface area contributed by atoms with E-state index in [1.807, 2.05) is 42.5 Å². The summed E-state index contributed by atoms with van der Waals surface area (Å²) in [6.45, 7) is -0.773. The highest BCUT2D eigenvalue weighted by Crippen LogP contribution is 2.12. The molecule has 7 nitrogen and oxygen atoms in total. The molecule has 0 unspecified atom stereocenters. The summed E-state index contributed by atoms with van der Waals surface area (Å²) >= 11 is 0. The first-order valence-corrected chi connectivity index (χ1v) is 12.2. The van der Waals surface area contributed by atoms with Crippen molar-refractivity contribution < 1.29 is 19.5 Å². The van der Waals surface area contributed by atoms with Crippen molar-refractivity contribution in [1.29, 1.82) is 0 Å². The molecule has 3 aromatic carbocycles. The first-order valence-electron chi connectivity index (χ1n) is 12.2. The van der Waals surface area contributed by atoms with E-state index in [9.17, 15) is 14.4 Å². The normalized spacial score (nSPS) is 11.1. The van der Waals surface area contributed by atoms with Crippen molar-refractivity contribution >= 4 is 23.3 Å². The highest BCUT2D eigenvalue weighted by atomic mass is 16.3. The number of aryl methyl sites for hydroxylation is 1. The fourth-order valence-corrected chi connectivity index (χ4v) is 3.59. The average molecular weight is 498 g/mol. The largest absolute Gasteiger partial charge is 0.388 e. The molecule has 1 atom stereocenters. The van der Waals surface area contributed by atoms with Crippen LogP contribution in [0.2, 0.25) is 0 Å². The van der Waals surface area contributed by atoms with Gasteiger partial charge in [0.25, 0.3) is 5.91 Å². The summed E-state index contributed by atoms with van der Waals surface area (Å²) in [6.07, 6.45) is 3.25. The van der Waals surface area contributed by atoms with Crippen LogP contribution < -0.4 is 16.4 Å². The quantitative estimate of drug-likeness (QED) is 0.240. The number of amides is 2. The van der Waals surface area contributed by atoms with Crippen LogP contribution in [0.3, 0.4) is 0 Å². The smallest absolute Gasteiger partial charge is 0.251 e. The summed E-state index contributed by atoms with van der Waals surface area (Å²) in [6, 6.07) is 23.3. The van der Waals surface area contributed by atoms with E-state index in [0.29, 0.717) is 17.5 Å². The lowest BCUT2D eigenvalue weighted by Gasteiger charge is -2.14. The first-order chi connectivity index (χ1) is 18.0. The van der Waals surface area contributed by atoms with Crippen LogP contribution >= 0.6 is 0 Å². The number of rotatable bonds is 11. The first kappa shape index (κ1) is 27.3. The van der Waals surface area contributed by atoms with E-state index in [2.05, 4.69) is 34.6 Å². The number of nitrogens with one attached hydrogen (secondary N) is 2. The molecule has 0 aliphatic rings. The maximum atomic E-state index is 12.3. The van der Waals surface area contributed by atoms with Gasteiger partial charge >= 0.3 is 0 Å². The van der Waals surface area contributed by atoms with Crippen molar-refractivity contribution in [3.05, 3.63) is 101 Å². The van der Waals surface area contributed by atoms with Gasteiger partial charge in [-0.3, -0.25) is 14.4 Å². The van der Waals surface area contributed by atoms with Crippen LogP contribution in [0.15, 0.2) is 78.9 Å². The fraction of sp³-hybridized carbons (Fsp3) is 0.233. The Morgan fingerprint density at radius 3 is 2.05 bits per heavy atom. The number of ketones is 1. The monoisotopic (exact) mass is 497 g/mol. The third kappa shape index (κ3) is 9.04. The van der Waals surface area contributed by atoms with Gasteiger partial charge in [-0.2, -0.15) is 0 Å². The lowest BCUT2D eigenvalue weighted by atomic mass is 10.1. The standard InChI is InChI=1S/C30H31N3O4/c31-20-27(28(35)21-34)33-30(37)25-16-12-23(13-17-25)10-11-24-14-18-26(19-15-24)32-29(36)9-5-4-8-22-6-2-1-3-7-22/h1-3,6-7,12-19,27,34H,4-5,8-9,20-21,31H2,(H,32,36)(H,33,37)/t27-/m0/s1. The molecule has 190 valence electrons. The summed E-state index contributed by atoms with van der Waals surface area (Å²) in [5, 5.41) is 14.4. The van der Waals surface area contributed by atoms with E-state index in [1.54, 1.807) is 24.3 Å². The third-order valence-electron chi connectivity index (χ3n) is 5.71. The Morgan fingerprint density at radius 2 is 1.46 bits per heavy atom. The number of carbonyl (C=O) groups is 3. The van der Waals surface area contributed by atoms with Gasteiger partial charge < -0.3 is 21.5 Å². The molecule has 0 spiro atoms. The fourth-order valence-electron chi connectivity index (χ4n) is 3.59. The third-order valence-corrected chi connectivity index (χ3v) is 5.71. The zero-order valence-electron chi connectivity index (χ0n) is 20.6. The molecular formula is C30H31N3O4. The molecule has 0 saturated heterocycles. The average Bonchev–Trinajstić information content (AvgIpc) is 2.94. The van der Waals surface area contributed by atoms with Crippen LogP contribution in [0.25, 0.3) is 0 Å². The van der Waals surface area contributed by atoms with Crippen molar-refractivity contribution in [2.75, 3.05) is 18.5 Å². The van der Waals surface area contributed by atoms with Gasteiger partial charge in [-0.15, -0.1) is 0 Å². The minimum absolute atomic E-state index is 0.00506. The minimum Gasteiger partial charge on any atom is -0.388 e. The van der Waals surface area contributed by atoms with Gasteiger partial charge in [-0.05, 0) is 73.4 Å². The van der Waals surface area contributed by atoms with Crippen molar-refractivity contribution in [3.8, 4) is 11.8 Å². The molecule has 0 aliphatic heterocycles. The molecule has 37 heavy (non-hydrogen) atoms. The number of hydrogen-bond donors (Lipinski definition) is 4. The van der Waals surface area contributed by atoms with E-state index in [1.165, 1.54) is 5.56 Å².